The summed E-state index contributed by atoms with van der Waals surface area (Å²) in [5, 5.41) is 0.977. The zero-order valence-corrected chi connectivity index (χ0v) is 13.2. The summed E-state index contributed by atoms with van der Waals surface area (Å²) in [6.45, 7) is 4.46. The van der Waals surface area contributed by atoms with E-state index >= 15 is 0 Å². The van der Waals surface area contributed by atoms with E-state index in [2.05, 4.69) is 29.8 Å². The maximum atomic E-state index is 14.2. The van der Waals surface area contributed by atoms with Crippen molar-refractivity contribution in [1.29, 1.82) is 0 Å². The van der Waals surface area contributed by atoms with Crippen molar-refractivity contribution in [2.24, 2.45) is 0 Å². The molecule has 24 heavy (non-hydrogen) atoms. The molecule has 1 saturated heterocycles. The molecule has 0 bridgehead atoms. The van der Waals surface area contributed by atoms with Gasteiger partial charge in [0, 0.05) is 37.8 Å². The number of halogens is 1. The van der Waals surface area contributed by atoms with Crippen molar-refractivity contribution in [3.05, 3.63) is 42.6 Å². The summed E-state index contributed by atoms with van der Waals surface area (Å²) in [6.07, 6.45) is 6.44. The minimum absolute atomic E-state index is 0.343. The summed E-state index contributed by atoms with van der Waals surface area (Å²) in [4.78, 5) is 24.9. The van der Waals surface area contributed by atoms with Crippen LogP contribution in [0.3, 0.4) is 0 Å². The van der Waals surface area contributed by atoms with Crippen LogP contribution < -0.4 is 9.80 Å². The van der Waals surface area contributed by atoms with Gasteiger partial charge in [0.2, 0.25) is 0 Å². The van der Waals surface area contributed by atoms with Gasteiger partial charge in [-0.25, -0.2) is 24.3 Å². The second-order valence-corrected chi connectivity index (χ2v) is 5.66. The molecule has 1 aliphatic heterocycles. The van der Waals surface area contributed by atoms with Crippen LogP contribution in [0.1, 0.15) is 5.69 Å². The van der Waals surface area contributed by atoms with Crippen LogP contribution in [0.15, 0.2) is 31.1 Å². The predicted octanol–water partition coefficient (Wildman–Crippen LogP) is 1.59. The largest absolute Gasteiger partial charge is 0.352 e. The number of hydrogen-bond donors (Lipinski definition) is 0. The second-order valence-electron chi connectivity index (χ2n) is 5.66. The molecule has 0 amide bonds. The van der Waals surface area contributed by atoms with Gasteiger partial charge in [0.15, 0.2) is 11.6 Å². The summed E-state index contributed by atoms with van der Waals surface area (Å²) >= 11 is 0. The fraction of sp³-hybridized carbons (Fsp3) is 0.312. The monoisotopic (exact) mass is 325 g/mol. The van der Waals surface area contributed by atoms with Gasteiger partial charge in [-0.2, -0.15) is 0 Å². The molecule has 0 N–H and O–H groups in total. The highest BCUT2D eigenvalue weighted by Gasteiger charge is 2.23. The van der Waals surface area contributed by atoms with Crippen molar-refractivity contribution >= 4 is 22.5 Å². The van der Waals surface area contributed by atoms with Crippen molar-refractivity contribution in [2.75, 3.05) is 36.0 Å². The third kappa shape index (κ3) is 2.49. The Kier molecular flexibility index (Phi) is 3.64. The molecule has 7 nitrogen and oxygen atoms in total. The first-order valence-corrected chi connectivity index (χ1v) is 7.76. The Hall–Kier alpha value is -2.90. The van der Waals surface area contributed by atoms with E-state index in [1.165, 1.54) is 6.33 Å². The van der Waals surface area contributed by atoms with Crippen LogP contribution in [0.5, 0.6) is 0 Å². The molecule has 3 aromatic heterocycles. The average Bonchev–Trinajstić information content (AvgIpc) is 2.64. The number of nitrogens with zero attached hydrogens (tertiary/aromatic N) is 7. The molecule has 1 fully saturated rings. The van der Waals surface area contributed by atoms with E-state index in [1.807, 2.05) is 11.0 Å². The van der Waals surface area contributed by atoms with Gasteiger partial charge in [0.1, 0.15) is 18.5 Å². The van der Waals surface area contributed by atoms with Crippen LogP contribution in [0.4, 0.5) is 16.0 Å². The highest BCUT2D eigenvalue weighted by atomic mass is 19.1. The van der Waals surface area contributed by atoms with Crippen LogP contribution in [0, 0.1) is 12.7 Å². The number of piperazine rings is 1. The van der Waals surface area contributed by atoms with Crippen LogP contribution in [0.2, 0.25) is 0 Å². The maximum absolute atomic E-state index is 14.2. The lowest BCUT2D eigenvalue weighted by atomic mass is 10.2. The zero-order chi connectivity index (χ0) is 16.5. The summed E-state index contributed by atoms with van der Waals surface area (Å²) < 4.78 is 14.2. The maximum Gasteiger partial charge on any atom is 0.186 e. The third-order valence-electron chi connectivity index (χ3n) is 4.24. The Morgan fingerprint density at radius 1 is 0.917 bits per heavy atom. The van der Waals surface area contributed by atoms with Crippen molar-refractivity contribution in [1.82, 2.24) is 24.9 Å². The number of aromatic nitrogens is 5. The van der Waals surface area contributed by atoms with Crippen LogP contribution >= 0.6 is 0 Å². The predicted molar refractivity (Wildman–Crippen MR) is 88.5 cm³/mol. The van der Waals surface area contributed by atoms with Crippen molar-refractivity contribution in [3.8, 4) is 0 Å². The van der Waals surface area contributed by atoms with E-state index in [0.717, 1.165) is 29.8 Å². The minimum Gasteiger partial charge on any atom is -0.352 e. The SMILES string of the molecule is Cc1ncnc(N2CCN(c3ncnc4cnccc34)CC2)c1F. The standard InChI is InChI=1S/C16H16FN7/c1-11-14(17)16(22-9-19-11)24-6-4-23(5-7-24)15-12-2-3-18-8-13(12)20-10-21-15/h2-3,8-10H,4-7H2,1H3. The Balaban J connectivity index is 1.57. The first-order valence-electron chi connectivity index (χ1n) is 7.76. The van der Waals surface area contributed by atoms with Gasteiger partial charge >= 0.3 is 0 Å². The van der Waals surface area contributed by atoms with E-state index in [9.17, 15) is 4.39 Å². The molecule has 0 aliphatic carbocycles. The Bertz CT molecular complexity index is 872. The number of pyridine rings is 1. The van der Waals surface area contributed by atoms with E-state index in [4.69, 9.17) is 0 Å². The summed E-state index contributed by atoms with van der Waals surface area (Å²) in [5.41, 5.74) is 1.19. The molecule has 3 aromatic rings. The molecule has 0 saturated carbocycles. The molecule has 0 spiro atoms. The quantitative estimate of drug-likeness (QED) is 0.708. The topological polar surface area (TPSA) is 70.9 Å². The number of fused-ring (bicyclic) bond motifs is 1. The molecule has 122 valence electrons. The highest BCUT2D eigenvalue weighted by Crippen LogP contribution is 2.25. The molecular formula is C16H16FN7. The number of aryl methyl sites for hydroxylation is 1. The van der Waals surface area contributed by atoms with Crippen LogP contribution in [-0.4, -0.2) is 51.1 Å². The molecule has 0 atom stereocenters. The van der Waals surface area contributed by atoms with Crippen molar-refractivity contribution in [3.63, 3.8) is 0 Å². The molecule has 4 rings (SSSR count). The average molecular weight is 325 g/mol. The zero-order valence-electron chi connectivity index (χ0n) is 13.2. The van der Waals surface area contributed by atoms with Gasteiger partial charge in [-0.05, 0) is 13.0 Å². The molecule has 0 aromatic carbocycles. The molecule has 8 heteroatoms. The number of hydrogen-bond acceptors (Lipinski definition) is 7. The lowest BCUT2D eigenvalue weighted by Crippen LogP contribution is -2.47. The highest BCUT2D eigenvalue weighted by molar-refractivity contribution is 5.88. The summed E-state index contributed by atoms with van der Waals surface area (Å²) in [5.74, 6) is 0.921. The van der Waals surface area contributed by atoms with Gasteiger partial charge in [0.05, 0.1) is 17.4 Å². The van der Waals surface area contributed by atoms with Gasteiger partial charge in [-0.15, -0.1) is 0 Å². The smallest absolute Gasteiger partial charge is 0.186 e. The van der Waals surface area contributed by atoms with Crippen molar-refractivity contribution < 1.29 is 4.39 Å². The van der Waals surface area contributed by atoms with Gasteiger partial charge in [-0.3, -0.25) is 4.98 Å². The molecule has 1 aliphatic rings. The fourth-order valence-electron chi connectivity index (χ4n) is 2.94. The normalized spacial score (nSPS) is 15.1. The summed E-state index contributed by atoms with van der Waals surface area (Å²) in [6, 6.07) is 1.92. The van der Waals surface area contributed by atoms with E-state index in [1.54, 1.807) is 25.6 Å². The Morgan fingerprint density at radius 2 is 1.58 bits per heavy atom. The van der Waals surface area contributed by atoms with Gasteiger partial charge < -0.3 is 9.80 Å². The number of rotatable bonds is 2. The minimum atomic E-state index is -0.343. The fourth-order valence-corrected chi connectivity index (χ4v) is 2.94. The van der Waals surface area contributed by atoms with Crippen molar-refractivity contribution in [2.45, 2.75) is 6.92 Å². The number of anilines is 2. The van der Waals surface area contributed by atoms with E-state index < -0.39 is 0 Å². The molecule has 0 radical (unpaired) electrons. The first-order chi connectivity index (χ1) is 11.7. The molecule has 4 heterocycles. The Labute approximate surface area is 138 Å². The van der Waals surface area contributed by atoms with Gasteiger partial charge in [0.25, 0.3) is 0 Å². The summed E-state index contributed by atoms with van der Waals surface area (Å²) in [7, 11) is 0. The molecule has 0 unspecified atom stereocenters. The van der Waals surface area contributed by atoms with Crippen LogP contribution in [-0.2, 0) is 0 Å². The van der Waals surface area contributed by atoms with Gasteiger partial charge in [-0.1, -0.05) is 0 Å². The van der Waals surface area contributed by atoms with E-state index in [0.29, 0.717) is 24.6 Å². The lowest BCUT2D eigenvalue weighted by molar-refractivity contribution is 0.573. The lowest BCUT2D eigenvalue weighted by Gasteiger charge is -2.36. The second kappa shape index (κ2) is 5.95. The van der Waals surface area contributed by atoms with E-state index in [-0.39, 0.29) is 5.82 Å². The molecular weight excluding hydrogens is 309 g/mol. The Morgan fingerprint density at radius 3 is 2.38 bits per heavy atom. The van der Waals surface area contributed by atoms with Crippen LogP contribution in [0.25, 0.3) is 10.9 Å². The third-order valence-corrected chi connectivity index (χ3v) is 4.24. The first kappa shape index (κ1) is 14.7.